The number of allylic oxidation sites excluding steroid dienone is 11. The highest BCUT2D eigenvalue weighted by Crippen LogP contribution is 2.43. The number of phosphoric acid groups is 1. The van der Waals surface area contributed by atoms with E-state index in [0.717, 1.165) is 64.2 Å². The Morgan fingerprint density at radius 2 is 0.984 bits per heavy atom. The summed E-state index contributed by atoms with van der Waals surface area (Å²) in [5, 5.41) is 13.8. The van der Waals surface area contributed by atoms with Gasteiger partial charge in [-0.05, 0) is 70.6 Å². The van der Waals surface area contributed by atoms with E-state index in [4.69, 9.17) is 9.05 Å². The number of carbonyl (C=O) groups excluding carboxylic acids is 1. The van der Waals surface area contributed by atoms with Crippen LogP contribution in [0.2, 0.25) is 0 Å². The molecule has 9 heteroatoms. The Hall–Kier alpha value is -2.06. The van der Waals surface area contributed by atoms with Crippen molar-refractivity contribution in [2.45, 2.75) is 219 Å². The molecule has 0 aromatic heterocycles. The number of aliphatic hydroxyl groups excluding tert-OH is 1. The molecule has 0 aromatic carbocycles. The van der Waals surface area contributed by atoms with Crippen molar-refractivity contribution in [3.05, 3.63) is 72.9 Å². The lowest BCUT2D eigenvalue weighted by molar-refractivity contribution is -0.870. The van der Waals surface area contributed by atoms with Gasteiger partial charge < -0.3 is 19.8 Å². The lowest BCUT2D eigenvalue weighted by Gasteiger charge is -2.25. The minimum atomic E-state index is -4.35. The van der Waals surface area contributed by atoms with Gasteiger partial charge in [-0.3, -0.25) is 13.8 Å². The Morgan fingerprint density at radius 1 is 0.565 bits per heavy atom. The molecule has 0 heterocycles. The number of nitrogens with one attached hydrogen (secondary N) is 1. The summed E-state index contributed by atoms with van der Waals surface area (Å²) in [6.45, 7) is 4.65. The molecule has 3 atom stereocenters. The van der Waals surface area contributed by atoms with E-state index in [9.17, 15) is 19.4 Å². The van der Waals surface area contributed by atoms with E-state index in [1.54, 1.807) is 6.08 Å². The fourth-order valence-corrected chi connectivity index (χ4v) is 7.67. The van der Waals surface area contributed by atoms with E-state index in [1.807, 2.05) is 27.2 Å². The highest BCUT2D eigenvalue weighted by atomic mass is 31.2. The van der Waals surface area contributed by atoms with Crippen molar-refractivity contribution < 1.29 is 32.9 Å². The second kappa shape index (κ2) is 44.2. The molecule has 3 unspecified atom stereocenters. The maximum atomic E-state index is 12.9. The van der Waals surface area contributed by atoms with Crippen LogP contribution in [0.3, 0.4) is 0 Å². The highest BCUT2D eigenvalue weighted by Gasteiger charge is 2.27. The fraction of sp³-hybridized carbons (Fsp3) is 0.755. The largest absolute Gasteiger partial charge is 0.472 e. The molecule has 0 fully saturated rings. The third-order valence-corrected chi connectivity index (χ3v) is 11.9. The number of unbranched alkanes of at least 4 members (excludes halogenated alkanes) is 22. The quantitative estimate of drug-likeness (QED) is 0.0243. The van der Waals surface area contributed by atoms with Gasteiger partial charge in [0, 0.05) is 6.42 Å². The number of quaternary nitrogens is 1. The van der Waals surface area contributed by atoms with Crippen LogP contribution in [0.15, 0.2) is 72.9 Å². The Bertz CT molecular complexity index is 1240. The Labute approximate surface area is 383 Å². The van der Waals surface area contributed by atoms with Crippen molar-refractivity contribution in [2.75, 3.05) is 40.9 Å². The van der Waals surface area contributed by atoms with Gasteiger partial charge in [0.2, 0.25) is 5.91 Å². The zero-order chi connectivity index (χ0) is 45.7. The summed E-state index contributed by atoms with van der Waals surface area (Å²) in [6.07, 6.45) is 60.0. The topological polar surface area (TPSA) is 105 Å². The summed E-state index contributed by atoms with van der Waals surface area (Å²) in [5.41, 5.74) is 0. The number of aliphatic hydroxyl groups is 1. The van der Waals surface area contributed by atoms with Crippen LogP contribution in [-0.4, -0.2) is 73.4 Å². The Balaban J connectivity index is 4.12. The Morgan fingerprint density at radius 3 is 1.48 bits per heavy atom. The second-order valence-electron chi connectivity index (χ2n) is 18.2. The van der Waals surface area contributed by atoms with Crippen LogP contribution in [0.4, 0.5) is 0 Å². The minimum Gasteiger partial charge on any atom is -0.387 e. The smallest absolute Gasteiger partial charge is 0.387 e. The van der Waals surface area contributed by atoms with Crippen molar-refractivity contribution >= 4 is 13.7 Å². The van der Waals surface area contributed by atoms with Gasteiger partial charge in [0.25, 0.3) is 0 Å². The molecule has 360 valence electrons. The van der Waals surface area contributed by atoms with Gasteiger partial charge >= 0.3 is 7.82 Å². The van der Waals surface area contributed by atoms with E-state index in [2.05, 4.69) is 79.9 Å². The zero-order valence-corrected chi connectivity index (χ0v) is 41.7. The molecule has 1 amide bonds. The average molecular weight is 890 g/mol. The lowest BCUT2D eigenvalue weighted by Crippen LogP contribution is -2.45. The van der Waals surface area contributed by atoms with Crippen molar-refractivity contribution in [2.24, 2.45) is 0 Å². The third kappa shape index (κ3) is 45.9. The number of amides is 1. The predicted molar refractivity (Wildman–Crippen MR) is 267 cm³/mol. The number of carbonyl (C=O) groups is 1. The summed E-state index contributed by atoms with van der Waals surface area (Å²) in [7, 11) is 1.55. The summed E-state index contributed by atoms with van der Waals surface area (Å²) in [6, 6.07) is -0.864. The Kier molecular flexibility index (Phi) is 42.7. The maximum absolute atomic E-state index is 12.9. The standard InChI is InChI=1S/C53H97N2O6P/c1-6-8-10-12-14-16-18-19-20-21-22-23-24-25-26-27-28-29-30-31-32-33-34-35-37-39-41-43-45-47-53(57)54-51(50-61-62(58,59)60-49-48-55(3,4)5)52(56)46-44-42-40-38-36-17-15-13-11-9-7-2/h8,10,14,16,19-20,22-23,36,38,44,46,51-52,56H,6-7,9,11-13,15,17-18,21,24-35,37,39-43,45,47-50H2,1-5H3,(H-,54,57,58,59)/p+1/b10-8-,16-14-,20-19-,23-22-,38-36+,46-44+. The summed E-state index contributed by atoms with van der Waals surface area (Å²) in [4.78, 5) is 23.1. The summed E-state index contributed by atoms with van der Waals surface area (Å²) < 4.78 is 23.5. The summed E-state index contributed by atoms with van der Waals surface area (Å²) in [5.74, 6) is -0.190. The van der Waals surface area contributed by atoms with Gasteiger partial charge in [0.15, 0.2) is 0 Å². The zero-order valence-electron chi connectivity index (χ0n) is 40.8. The van der Waals surface area contributed by atoms with Crippen LogP contribution in [0.25, 0.3) is 0 Å². The molecule has 0 aliphatic heterocycles. The van der Waals surface area contributed by atoms with Crippen LogP contribution in [0.5, 0.6) is 0 Å². The first-order valence-electron chi connectivity index (χ1n) is 25.3. The van der Waals surface area contributed by atoms with Crippen molar-refractivity contribution in [1.82, 2.24) is 5.32 Å². The number of nitrogens with zero attached hydrogens (tertiary/aromatic N) is 1. The molecule has 0 aliphatic carbocycles. The van der Waals surface area contributed by atoms with E-state index >= 15 is 0 Å². The van der Waals surface area contributed by atoms with Crippen LogP contribution >= 0.6 is 7.82 Å². The molecule has 62 heavy (non-hydrogen) atoms. The van der Waals surface area contributed by atoms with Crippen LogP contribution in [-0.2, 0) is 18.4 Å². The van der Waals surface area contributed by atoms with Crippen molar-refractivity contribution in [1.29, 1.82) is 0 Å². The van der Waals surface area contributed by atoms with Crippen LogP contribution in [0.1, 0.15) is 206 Å². The predicted octanol–water partition coefficient (Wildman–Crippen LogP) is 14.8. The van der Waals surface area contributed by atoms with Crippen molar-refractivity contribution in [3.8, 4) is 0 Å². The first-order valence-corrected chi connectivity index (χ1v) is 26.8. The number of hydrogen-bond donors (Lipinski definition) is 3. The maximum Gasteiger partial charge on any atom is 0.472 e. The highest BCUT2D eigenvalue weighted by molar-refractivity contribution is 7.47. The van der Waals surface area contributed by atoms with Crippen molar-refractivity contribution in [3.63, 3.8) is 0 Å². The van der Waals surface area contributed by atoms with Gasteiger partial charge in [0.05, 0.1) is 39.9 Å². The molecule has 0 spiro atoms. The minimum absolute atomic E-state index is 0.0542. The fourth-order valence-electron chi connectivity index (χ4n) is 6.93. The first-order chi connectivity index (χ1) is 30.0. The normalized spacial score (nSPS) is 14.8. The number of likely N-dealkylation sites (N-methyl/N-ethyl adjacent to an activating group) is 1. The number of phosphoric ester groups is 1. The van der Waals surface area contributed by atoms with Gasteiger partial charge in [0.1, 0.15) is 13.2 Å². The molecule has 0 saturated carbocycles. The lowest BCUT2D eigenvalue weighted by atomic mass is 10.0. The molecular weight excluding hydrogens is 792 g/mol. The molecule has 0 saturated heterocycles. The molecule has 0 bridgehead atoms. The SMILES string of the molecule is CC/C=C\C/C=C\C/C=C\C/C=C\CCCCCCCCCCCCCCCCCCC(=O)NC(COP(=O)(O)OCC[N+](C)(C)C)C(O)/C=C/CC/C=C/CCCCCCC. The second-order valence-corrected chi connectivity index (χ2v) is 19.6. The molecule has 0 aromatic rings. The molecule has 8 nitrogen and oxygen atoms in total. The number of hydrogen-bond acceptors (Lipinski definition) is 5. The van der Waals surface area contributed by atoms with E-state index < -0.39 is 20.0 Å². The van der Waals surface area contributed by atoms with Gasteiger partial charge in [-0.1, -0.05) is 202 Å². The molecule has 0 aliphatic rings. The average Bonchev–Trinajstić information content (AvgIpc) is 3.23. The third-order valence-electron chi connectivity index (χ3n) is 10.9. The molecule has 0 rings (SSSR count). The van der Waals surface area contributed by atoms with Crippen LogP contribution < -0.4 is 5.32 Å². The van der Waals surface area contributed by atoms with E-state index in [0.29, 0.717) is 17.4 Å². The van der Waals surface area contributed by atoms with Gasteiger partial charge in [-0.15, -0.1) is 0 Å². The molecule has 3 N–H and O–H groups in total. The monoisotopic (exact) mass is 890 g/mol. The molecule has 0 radical (unpaired) electrons. The van der Waals surface area contributed by atoms with E-state index in [1.165, 1.54) is 122 Å². The van der Waals surface area contributed by atoms with Crippen LogP contribution in [0, 0.1) is 0 Å². The first kappa shape index (κ1) is 59.9. The number of rotatable bonds is 45. The van der Waals surface area contributed by atoms with Gasteiger partial charge in [-0.2, -0.15) is 0 Å². The van der Waals surface area contributed by atoms with E-state index in [-0.39, 0.29) is 19.1 Å². The summed E-state index contributed by atoms with van der Waals surface area (Å²) >= 11 is 0. The van der Waals surface area contributed by atoms with Gasteiger partial charge in [-0.25, -0.2) is 4.57 Å². The molecular formula is C53H98N2O6P+.